The van der Waals surface area contributed by atoms with E-state index < -0.39 is 0 Å². The molecular formula is C10H22N2O2. The summed E-state index contributed by atoms with van der Waals surface area (Å²) >= 11 is 0. The molecule has 2 atom stereocenters. The van der Waals surface area contributed by atoms with E-state index in [0.29, 0.717) is 18.7 Å². The lowest BCUT2D eigenvalue weighted by molar-refractivity contribution is -0.0802. The first-order chi connectivity index (χ1) is 6.63. The highest BCUT2D eigenvalue weighted by molar-refractivity contribution is 4.76. The predicted octanol–water partition coefficient (Wildman–Crippen LogP) is 0.0235. The van der Waals surface area contributed by atoms with Gasteiger partial charge in [0.25, 0.3) is 0 Å². The van der Waals surface area contributed by atoms with Crippen LogP contribution in [0, 0.1) is 0 Å². The number of rotatable bonds is 4. The second-order valence-electron chi connectivity index (χ2n) is 4.28. The van der Waals surface area contributed by atoms with E-state index in [4.69, 9.17) is 9.84 Å². The summed E-state index contributed by atoms with van der Waals surface area (Å²) < 4.78 is 5.46. The summed E-state index contributed by atoms with van der Waals surface area (Å²) in [7, 11) is 0. The Morgan fingerprint density at radius 3 is 2.86 bits per heavy atom. The average molecular weight is 202 g/mol. The van der Waals surface area contributed by atoms with Crippen molar-refractivity contribution < 1.29 is 9.84 Å². The van der Waals surface area contributed by atoms with Gasteiger partial charge < -0.3 is 15.2 Å². The van der Waals surface area contributed by atoms with E-state index in [1.54, 1.807) is 0 Å². The number of hydrogen-bond acceptors (Lipinski definition) is 4. The molecule has 84 valence electrons. The Morgan fingerprint density at radius 2 is 2.29 bits per heavy atom. The van der Waals surface area contributed by atoms with Gasteiger partial charge in [-0.3, -0.25) is 4.90 Å². The van der Waals surface area contributed by atoms with Crippen LogP contribution in [-0.2, 0) is 4.74 Å². The van der Waals surface area contributed by atoms with Gasteiger partial charge in [-0.2, -0.15) is 0 Å². The maximum absolute atomic E-state index is 9.00. The van der Waals surface area contributed by atoms with Crippen molar-refractivity contribution in [2.24, 2.45) is 0 Å². The number of aliphatic hydroxyl groups excluding tert-OH is 1. The van der Waals surface area contributed by atoms with E-state index in [2.05, 4.69) is 31.0 Å². The second kappa shape index (κ2) is 5.66. The fourth-order valence-corrected chi connectivity index (χ4v) is 1.51. The van der Waals surface area contributed by atoms with E-state index in [1.807, 2.05) is 0 Å². The summed E-state index contributed by atoms with van der Waals surface area (Å²) in [5.74, 6) is 0. The minimum Gasteiger partial charge on any atom is -0.394 e. The molecule has 0 aromatic heterocycles. The van der Waals surface area contributed by atoms with Gasteiger partial charge in [0.05, 0.1) is 19.3 Å². The topological polar surface area (TPSA) is 44.7 Å². The molecule has 1 aliphatic heterocycles. The van der Waals surface area contributed by atoms with E-state index >= 15 is 0 Å². The summed E-state index contributed by atoms with van der Waals surface area (Å²) in [6, 6.07) is 0.932. The molecule has 0 saturated carbocycles. The molecule has 2 N–H and O–H groups in total. The molecule has 1 fully saturated rings. The van der Waals surface area contributed by atoms with Crippen LogP contribution >= 0.6 is 0 Å². The van der Waals surface area contributed by atoms with Crippen molar-refractivity contribution in [3.8, 4) is 0 Å². The highest BCUT2D eigenvalue weighted by Crippen LogP contribution is 2.10. The maximum Gasteiger partial charge on any atom is 0.0933 e. The summed E-state index contributed by atoms with van der Waals surface area (Å²) in [4.78, 5) is 2.31. The molecule has 0 aromatic carbocycles. The highest BCUT2D eigenvalue weighted by atomic mass is 16.5. The first-order valence-corrected chi connectivity index (χ1v) is 5.33. The predicted molar refractivity (Wildman–Crippen MR) is 56.1 cm³/mol. The van der Waals surface area contributed by atoms with Gasteiger partial charge in [-0.05, 0) is 20.8 Å². The van der Waals surface area contributed by atoms with Crippen molar-refractivity contribution in [2.45, 2.75) is 39.0 Å². The zero-order chi connectivity index (χ0) is 10.6. The Labute approximate surface area is 86.2 Å². The summed E-state index contributed by atoms with van der Waals surface area (Å²) in [5.41, 5.74) is 0. The Bertz CT molecular complexity index is 164. The van der Waals surface area contributed by atoms with Gasteiger partial charge in [-0.15, -0.1) is 0 Å². The van der Waals surface area contributed by atoms with E-state index in [1.165, 1.54) is 0 Å². The molecule has 1 rings (SSSR count). The van der Waals surface area contributed by atoms with Gasteiger partial charge in [0, 0.05) is 25.3 Å². The Kier molecular flexibility index (Phi) is 4.81. The molecule has 0 aromatic rings. The van der Waals surface area contributed by atoms with Crippen LogP contribution in [0.5, 0.6) is 0 Å². The van der Waals surface area contributed by atoms with Crippen LogP contribution in [0.15, 0.2) is 0 Å². The molecule has 0 unspecified atom stereocenters. The van der Waals surface area contributed by atoms with E-state index in [-0.39, 0.29) is 12.7 Å². The molecule has 0 bridgehead atoms. The number of aliphatic hydroxyl groups is 1. The summed E-state index contributed by atoms with van der Waals surface area (Å²) in [6.45, 7) is 8.94. The molecule has 0 radical (unpaired) electrons. The highest BCUT2D eigenvalue weighted by Gasteiger charge is 2.24. The van der Waals surface area contributed by atoms with Gasteiger partial charge in [0.1, 0.15) is 0 Å². The summed E-state index contributed by atoms with van der Waals surface area (Å²) in [5, 5.41) is 12.4. The lowest BCUT2D eigenvalue weighted by Crippen LogP contribution is -2.53. The zero-order valence-corrected chi connectivity index (χ0v) is 9.36. The van der Waals surface area contributed by atoms with Crippen molar-refractivity contribution in [1.29, 1.82) is 0 Å². The Balaban J connectivity index is 2.32. The number of hydrogen-bond donors (Lipinski definition) is 2. The maximum atomic E-state index is 9.00. The van der Waals surface area contributed by atoms with E-state index in [0.717, 1.165) is 13.2 Å². The van der Waals surface area contributed by atoms with Crippen molar-refractivity contribution in [3.63, 3.8) is 0 Å². The third-order valence-electron chi connectivity index (χ3n) is 2.54. The quantitative estimate of drug-likeness (QED) is 0.675. The van der Waals surface area contributed by atoms with Crippen LogP contribution in [0.4, 0.5) is 0 Å². The molecule has 0 spiro atoms. The normalized spacial score (nSPS) is 29.8. The van der Waals surface area contributed by atoms with Crippen molar-refractivity contribution >= 4 is 0 Å². The molecule has 1 aliphatic rings. The standard InChI is InChI=1S/C10H22N2O2/c1-8(2)11-7-12-4-10(5-13)14-6-9(12)3/h8-11,13H,4-7H2,1-3H3/t9-,10-/m1/s1. The van der Waals surface area contributed by atoms with Gasteiger partial charge in [0.15, 0.2) is 0 Å². The number of nitrogens with one attached hydrogen (secondary N) is 1. The zero-order valence-electron chi connectivity index (χ0n) is 9.36. The monoisotopic (exact) mass is 202 g/mol. The summed E-state index contributed by atoms with van der Waals surface area (Å²) in [6.07, 6.45) is -0.0137. The van der Waals surface area contributed by atoms with Crippen LogP contribution in [-0.4, -0.2) is 54.6 Å². The van der Waals surface area contributed by atoms with Crippen LogP contribution < -0.4 is 5.32 Å². The van der Waals surface area contributed by atoms with Crippen LogP contribution in [0.25, 0.3) is 0 Å². The van der Waals surface area contributed by atoms with Gasteiger partial charge in [0.2, 0.25) is 0 Å². The van der Waals surface area contributed by atoms with Crippen LogP contribution in [0.1, 0.15) is 20.8 Å². The Hall–Kier alpha value is -0.160. The molecule has 1 heterocycles. The van der Waals surface area contributed by atoms with Crippen LogP contribution in [0.3, 0.4) is 0 Å². The fourth-order valence-electron chi connectivity index (χ4n) is 1.51. The minimum absolute atomic E-state index is 0.0137. The van der Waals surface area contributed by atoms with Gasteiger partial charge >= 0.3 is 0 Å². The molecule has 4 heteroatoms. The first-order valence-electron chi connectivity index (χ1n) is 5.33. The third-order valence-corrected chi connectivity index (χ3v) is 2.54. The van der Waals surface area contributed by atoms with Gasteiger partial charge in [-0.25, -0.2) is 0 Å². The smallest absolute Gasteiger partial charge is 0.0933 e. The fraction of sp³-hybridized carbons (Fsp3) is 1.00. The third kappa shape index (κ3) is 3.53. The van der Waals surface area contributed by atoms with Gasteiger partial charge in [-0.1, -0.05) is 0 Å². The number of ether oxygens (including phenoxy) is 1. The Morgan fingerprint density at radius 1 is 1.57 bits per heavy atom. The van der Waals surface area contributed by atoms with Crippen molar-refractivity contribution in [1.82, 2.24) is 10.2 Å². The first kappa shape index (κ1) is 11.9. The largest absolute Gasteiger partial charge is 0.394 e. The molecular weight excluding hydrogens is 180 g/mol. The molecule has 1 saturated heterocycles. The second-order valence-corrected chi connectivity index (χ2v) is 4.28. The molecule has 14 heavy (non-hydrogen) atoms. The molecule has 0 aliphatic carbocycles. The van der Waals surface area contributed by atoms with Crippen molar-refractivity contribution in [2.75, 3.05) is 26.4 Å². The lowest BCUT2D eigenvalue weighted by atomic mass is 10.2. The lowest BCUT2D eigenvalue weighted by Gasteiger charge is -2.37. The van der Waals surface area contributed by atoms with Crippen LogP contribution in [0.2, 0.25) is 0 Å². The molecule has 0 amide bonds. The molecule has 4 nitrogen and oxygen atoms in total. The number of nitrogens with zero attached hydrogens (tertiary/aromatic N) is 1. The van der Waals surface area contributed by atoms with Crippen molar-refractivity contribution in [3.05, 3.63) is 0 Å². The SMILES string of the molecule is CC(C)NCN1C[C@H](CO)OC[C@H]1C. The average Bonchev–Trinajstić information content (AvgIpc) is 2.16. The minimum atomic E-state index is -0.0137. The number of morpholine rings is 1. The van der Waals surface area contributed by atoms with E-state index in [9.17, 15) is 0 Å².